The molecule has 0 aliphatic rings. The standard InChI is InChI=1S/C13H9ClN2O3/c14-11-2-1-7(5-9(11)12(15)17)8-3-4-16-6-10(8)13(18)19/h1-6H,(H2,15,17)(H,18,19). The Morgan fingerprint density at radius 3 is 2.58 bits per heavy atom. The fourth-order valence-electron chi connectivity index (χ4n) is 1.70. The third-order valence-corrected chi connectivity index (χ3v) is 2.92. The van der Waals surface area contributed by atoms with E-state index in [2.05, 4.69) is 4.98 Å². The maximum atomic E-state index is 11.2. The highest BCUT2D eigenvalue weighted by Gasteiger charge is 2.14. The van der Waals surface area contributed by atoms with Gasteiger partial charge in [0.25, 0.3) is 0 Å². The van der Waals surface area contributed by atoms with Crippen molar-refractivity contribution in [3.8, 4) is 11.1 Å². The van der Waals surface area contributed by atoms with Crippen molar-refractivity contribution in [1.29, 1.82) is 0 Å². The molecule has 3 N–H and O–H groups in total. The molecule has 0 atom stereocenters. The van der Waals surface area contributed by atoms with E-state index in [1.54, 1.807) is 12.1 Å². The molecule has 2 aromatic rings. The second kappa shape index (κ2) is 5.07. The molecule has 0 aliphatic carbocycles. The fourth-order valence-corrected chi connectivity index (χ4v) is 1.91. The Hall–Kier alpha value is -2.40. The summed E-state index contributed by atoms with van der Waals surface area (Å²) in [5.74, 6) is -1.77. The molecule has 0 unspecified atom stereocenters. The largest absolute Gasteiger partial charge is 0.478 e. The van der Waals surface area contributed by atoms with Gasteiger partial charge in [-0.3, -0.25) is 9.78 Å². The Labute approximate surface area is 113 Å². The monoisotopic (exact) mass is 276 g/mol. The van der Waals surface area contributed by atoms with Gasteiger partial charge in [-0.1, -0.05) is 17.7 Å². The van der Waals surface area contributed by atoms with Gasteiger partial charge in [-0.2, -0.15) is 0 Å². The lowest BCUT2D eigenvalue weighted by atomic mass is 9.99. The lowest BCUT2D eigenvalue weighted by Crippen LogP contribution is -2.11. The summed E-state index contributed by atoms with van der Waals surface area (Å²) in [6.45, 7) is 0. The van der Waals surface area contributed by atoms with Gasteiger partial charge in [0.15, 0.2) is 0 Å². The topological polar surface area (TPSA) is 93.3 Å². The van der Waals surface area contributed by atoms with Crippen molar-refractivity contribution in [1.82, 2.24) is 4.98 Å². The molecule has 2 rings (SSSR count). The van der Waals surface area contributed by atoms with Gasteiger partial charge in [0.1, 0.15) is 0 Å². The first kappa shape index (κ1) is 13.0. The number of aromatic carboxylic acids is 1. The molecule has 0 saturated carbocycles. The Morgan fingerprint density at radius 1 is 1.21 bits per heavy atom. The lowest BCUT2D eigenvalue weighted by molar-refractivity contribution is 0.0697. The predicted octanol–water partition coefficient (Wildman–Crippen LogP) is 2.20. The number of primary amides is 1. The molecule has 96 valence electrons. The lowest BCUT2D eigenvalue weighted by Gasteiger charge is -2.08. The molecule has 19 heavy (non-hydrogen) atoms. The number of carbonyl (C=O) groups excluding carboxylic acids is 1. The van der Waals surface area contributed by atoms with Crippen LogP contribution in [-0.2, 0) is 0 Å². The third kappa shape index (κ3) is 2.56. The molecule has 5 nitrogen and oxygen atoms in total. The minimum atomic E-state index is -1.10. The van der Waals surface area contributed by atoms with Crippen molar-refractivity contribution in [2.75, 3.05) is 0 Å². The zero-order valence-electron chi connectivity index (χ0n) is 9.63. The van der Waals surface area contributed by atoms with Gasteiger partial charge in [-0.15, -0.1) is 0 Å². The number of carbonyl (C=O) groups is 2. The van der Waals surface area contributed by atoms with Crippen LogP contribution in [0.1, 0.15) is 20.7 Å². The molecule has 0 aliphatic heterocycles. The molecule has 0 radical (unpaired) electrons. The highest BCUT2D eigenvalue weighted by Crippen LogP contribution is 2.27. The number of halogens is 1. The molecular formula is C13H9ClN2O3. The maximum absolute atomic E-state index is 11.2. The summed E-state index contributed by atoms with van der Waals surface area (Å²) in [7, 11) is 0. The minimum absolute atomic E-state index is 0.0419. The smallest absolute Gasteiger partial charge is 0.337 e. The average molecular weight is 277 g/mol. The van der Waals surface area contributed by atoms with Crippen molar-refractivity contribution in [2.24, 2.45) is 5.73 Å². The van der Waals surface area contributed by atoms with Crippen LogP contribution in [0.15, 0.2) is 36.7 Å². The number of pyridine rings is 1. The molecule has 1 aromatic carbocycles. The van der Waals surface area contributed by atoms with Gasteiger partial charge in [-0.25, -0.2) is 4.79 Å². The molecule has 0 spiro atoms. The molecule has 1 heterocycles. The fraction of sp³-hybridized carbons (Fsp3) is 0. The van der Waals surface area contributed by atoms with Gasteiger partial charge in [-0.05, 0) is 29.3 Å². The van der Waals surface area contributed by atoms with E-state index in [9.17, 15) is 9.59 Å². The van der Waals surface area contributed by atoms with Crippen LogP contribution in [0.25, 0.3) is 11.1 Å². The number of hydrogen-bond acceptors (Lipinski definition) is 3. The van der Waals surface area contributed by atoms with Gasteiger partial charge in [0, 0.05) is 12.4 Å². The number of nitrogens with two attached hydrogens (primary N) is 1. The molecule has 0 saturated heterocycles. The Kier molecular flexibility index (Phi) is 3.48. The minimum Gasteiger partial charge on any atom is -0.478 e. The van der Waals surface area contributed by atoms with Crippen molar-refractivity contribution in [3.05, 3.63) is 52.8 Å². The first-order valence-electron chi connectivity index (χ1n) is 5.27. The van der Waals surface area contributed by atoms with Crippen molar-refractivity contribution in [3.63, 3.8) is 0 Å². The van der Waals surface area contributed by atoms with E-state index in [0.29, 0.717) is 11.1 Å². The highest BCUT2D eigenvalue weighted by molar-refractivity contribution is 6.33. The number of nitrogens with zero attached hydrogens (tertiary/aromatic N) is 1. The zero-order valence-corrected chi connectivity index (χ0v) is 10.4. The molecule has 1 aromatic heterocycles. The van der Waals surface area contributed by atoms with Crippen molar-refractivity contribution in [2.45, 2.75) is 0 Å². The number of carboxylic acids is 1. The first-order chi connectivity index (χ1) is 9.00. The molecular weight excluding hydrogens is 268 g/mol. The Morgan fingerprint density at radius 2 is 1.95 bits per heavy atom. The molecule has 6 heteroatoms. The van der Waals surface area contributed by atoms with E-state index in [1.165, 1.54) is 24.5 Å². The van der Waals surface area contributed by atoms with E-state index >= 15 is 0 Å². The summed E-state index contributed by atoms with van der Waals surface area (Å²) in [4.78, 5) is 26.1. The number of carboxylic acid groups (broad SMARTS) is 1. The maximum Gasteiger partial charge on any atom is 0.337 e. The van der Waals surface area contributed by atoms with E-state index in [1.807, 2.05) is 0 Å². The van der Waals surface area contributed by atoms with E-state index in [0.717, 1.165) is 0 Å². The number of aromatic nitrogens is 1. The van der Waals surface area contributed by atoms with Gasteiger partial charge >= 0.3 is 5.97 Å². The predicted molar refractivity (Wildman–Crippen MR) is 70.2 cm³/mol. The van der Waals surface area contributed by atoms with Crippen molar-refractivity contribution < 1.29 is 14.7 Å². The summed E-state index contributed by atoms with van der Waals surface area (Å²) in [5.41, 5.74) is 6.38. The van der Waals surface area contributed by atoms with E-state index in [-0.39, 0.29) is 16.1 Å². The van der Waals surface area contributed by atoms with Crippen LogP contribution >= 0.6 is 11.6 Å². The van der Waals surface area contributed by atoms with Crippen LogP contribution in [0, 0.1) is 0 Å². The van der Waals surface area contributed by atoms with E-state index in [4.69, 9.17) is 22.4 Å². The summed E-state index contributed by atoms with van der Waals surface area (Å²) >= 11 is 5.85. The molecule has 1 amide bonds. The Balaban J connectivity index is 2.63. The number of benzene rings is 1. The Bertz CT molecular complexity index is 671. The number of hydrogen-bond donors (Lipinski definition) is 2. The van der Waals surface area contributed by atoms with Gasteiger partial charge < -0.3 is 10.8 Å². The van der Waals surface area contributed by atoms with E-state index < -0.39 is 11.9 Å². The van der Waals surface area contributed by atoms with Gasteiger partial charge in [0.05, 0.1) is 16.1 Å². The van der Waals surface area contributed by atoms with Crippen LogP contribution in [-0.4, -0.2) is 22.0 Å². The summed E-state index contributed by atoms with van der Waals surface area (Å²) in [5, 5.41) is 9.33. The third-order valence-electron chi connectivity index (χ3n) is 2.59. The number of amides is 1. The molecule has 0 bridgehead atoms. The summed E-state index contributed by atoms with van der Waals surface area (Å²) < 4.78 is 0. The second-order valence-electron chi connectivity index (χ2n) is 3.79. The second-order valence-corrected chi connectivity index (χ2v) is 4.19. The SMILES string of the molecule is NC(=O)c1cc(-c2ccncc2C(=O)O)ccc1Cl. The average Bonchev–Trinajstić information content (AvgIpc) is 2.39. The normalized spacial score (nSPS) is 10.2. The highest BCUT2D eigenvalue weighted by atomic mass is 35.5. The quantitative estimate of drug-likeness (QED) is 0.898. The zero-order chi connectivity index (χ0) is 14.0. The van der Waals surface area contributed by atoms with Crippen LogP contribution < -0.4 is 5.73 Å². The summed E-state index contributed by atoms with van der Waals surface area (Å²) in [6.07, 6.45) is 2.72. The number of rotatable bonds is 3. The first-order valence-corrected chi connectivity index (χ1v) is 5.65. The molecule has 0 fully saturated rings. The van der Waals surface area contributed by atoms with Crippen LogP contribution in [0.3, 0.4) is 0 Å². The van der Waals surface area contributed by atoms with Crippen molar-refractivity contribution >= 4 is 23.5 Å². The van der Waals surface area contributed by atoms with Gasteiger partial charge in [0.2, 0.25) is 5.91 Å². The van der Waals surface area contributed by atoms with Crippen LogP contribution in [0.5, 0.6) is 0 Å². The van der Waals surface area contributed by atoms with Crippen LogP contribution in [0.2, 0.25) is 5.02 Å². The summed E-state index contributed by atoms with van der Waals surface area (Å²) in [6, 6.07) is 6.14. The van der Waals surface area contributed by atoms with Crippen LogP contribution in [0.4, 0.5) is 0 Å².